The van der Waals surface area contributed by atoms with Crippen molar-refractivity contribution in [3.63, 3.8) is 0 Å². The molecule has 0 saturated carbocycles. The lowest BCUT2D eigenvalue weighted by molar-refractivity contribution is 0.102. The maximum atomic E-state index is 12.9. The van der Waals surface area contributed by atoms with Crippen molar-refractivity contribution in [2.45, 2.75) is 26.7 Å². The fourth-order valence-electron chi connectivity index (χ4n) is 3.72. The molecule has 9 heteroatoms. The first kappa shape index (κ1) is 26.2. The normalized spacial score (nSPS) is 12.9. The Morgan fingerprint density at radius 2 is 1.49 bits per heavy atom. The van der Waals surface area contributed by atoms with Gasteiger partial charge in [0.25, 0.3) is 11.8 Å². The molecule has 7 nitrogen and oxygen atoms in total. The number of nitrogens with zero attached hydrogens (tertiary/aromatic N) is 2. The second kappa shape index (κ2) is 11.8. The second-order valence-corrected chi connectivity index (χ2v) is 8.81. The Morgan fingerprint density at radius 3 is 2.14 bits per heavy atom. The predicted octanol–water partition coefficient (Wildman–Crippen LogP) is 6.34. The highest BCUT2D eigenvalue weighted by molar-refractivity contribution is 6.31. The number of carbonyl (C=O) groups is 2. The van der Waals surface area contributed by atoms with Crippen LogP contribution in [0.2, 0.25) is 10.0 Å². The molecule has 1 saturated heterocycles. The molecule has 2 amide bonds. The zero-order chi connectivity index (χ0) is 24.1. The van der Waals surface area contributed by atoms with E-state index in [1.54, 1.807) is 48.5 Å². The number of aromatic nitrogens is 1. The summed E-state index contributed by atoms with van der Waals surface area (Å²) in [5.74, 6) is -0.0625. The lowest BCUT2D eigenvalue weighted by Gasteiger charge is -2.29. The Morgan fingerprint density at radius 1 is 0.829 bits per heavy atom. The van der Waals surface area contributed by atoms with Crippen LogP contribution in [0.25, 0.3) is 0 Å². The summed E-state index contributed by atoms with van der Waals surface area (Å²) in [4.78, 5) is 31.8. The van der Waals surface area contributed by atoms with Crippen LogP contribution >= 0.6 is 23.2 Å². The number of rotatable bonds is 5. The van der Waals surface area contributed by atoms with Crippen molar-refractivity contribution in [1.82, 2.24) is 9.88 Å². The first-order valence-electron chi connectivity index (χ1n) is 10.9. The van der Waals surface area contributed by atoms with E-state index in [0.29, 0.717) is 32.9 Å². The summed E-state index contributed by atoms with van der Waals surface area (Å²) in [5.41, 5.74) is 1.68. The Labute approximate surface area is 215 Å². The minimum Gasteiger partial charge on any atom is -0.357 e. The van der Waals surface area contributed by atoms with Gasteiger partial charge in [0.15, 0.2) is 0 Å². The number of pyridine rings is 1. The fraction of sp³-hybridized carbons (Fsp3) is 0.231. The van der Waals surface area contributed by atoms with E-state index in [0.717, 1.165) is 31.5 Å². The standard InChI is InChI=1S/C25H23Cl2N5O2.CH4/c26-18-8-10-21(20(14-18)25(34)31-22-11-9-19(27)15-29-22)30-24(33)17-6-4-16(5-7-17)23(28)32-12-2-1-3-13-32;/h4-11,14-15,28H,1-3,12-13H2,(H,30,33)(H,29,31,34);1H4. The molecule has 0 atom stereocenters. The molecule has 1 aliphatic heterocycles. The number of halogens is 2. The number of benzene rings is 2. The van der Waals surface area contributed by atoms with Gasteiger partial charge in [0, 0.05) is 35.4 Å². The molecule has 2 heterocycles. The van der Waals surface area contributed by atoms with Gasteiger partial charge in [-0.15, -0.1) is 0 Å². The molecule has 1 aliphatic rings. The molecule has 4 rings (SSSR count). The van der Waals surface area contributed by atoms with Gasteiger partial charge in [0.2, 0.25) is 0 Å². The number of likely N-dealkylation sites (tertiary alicyclic amines) is 1. The third-order valence-electron chi connectivity index (χ3n) is 5.54. The predicted molar refractivity (Wildman–Crippen MR) is 142 cm³/mol. The summed E-state index contributed by atoms with van der Waals surface area (Å²) >= 11 is 11.9. The molecular weight excluding hydrogens is 485 g/mol. The summed E-state index contributed by atoms with van der Waals surface area (Å²) in [6.07, 6.45) is 4.80. The van der Waals surface area contributed by atoms with E-state index in [4.69, 9.17) is 28.6 Å². The quantitative estimate of drug-likeness (QED) is 0.275. The lowest BCUT2D eigenvalue weighted by Crippen LogP contribution is -2.35. The molecule has 0 radical (unpaired) electrons. The van der Waals surface area contributed by atoms with Gasteiger partial charge in [-0.2, -0.15) is 0 Å². The van der Waals surface area contributed by atoms with E-state index >= 15 is 0 Å². The minimum absolute atomic E-state index is 0. The number of piperidine rings is 1. The van der Waals surface area contributed by atoms with Gasteiger partial charge >= 0.3 is 0 Å². The van der Waals surface area contributed by atoms with Gasteiger partial charge in [-0.1, -0.05) is 42.8 Å². The largest absolute Gasteiger partial charge is 0.357 e. The van der Waals surface area contributed by atoms with Crippen molar-refractivity contribution in [3.8, 4) is 0 Å². The highest BCUT2D eigenvalue weighted by atomic mass is 35.5. The van der Waals surface area contributed by atoms with Gasteiger partial charge in [-0.3, -0.25) is 15.0 Å². The van der Waals surface area contributed by atoms with Crippen LogP contribution in [-0.2, 0) is 0 Å². The van der Waals surface area contributed by atoms with Crippen LogP contribution in [0, 0.1) is 5.41 Å². The number of carbonyl (C=O) groups excluding carboxylic acids is 2. The molecule has 35 heavy (non-hydrogen) atoms. The smallest absolute Gasteiger partial charge is 0.258 e. The number of hydrogen-bond donors (Lipinski definition) is 3. The van der Waals surface area contributed by atoms with Crippen LogP contribution in [-0.4, -0.2) is 40.6 Å². The van der Waals surface area contributed by atoms with Crippen molar-refractivity contribution in [2.24, 2.45) is 0 Å². The summed E-state index contributed by atoms with van der Waals surface area (Å²) < 4.78 is 0. The third-order valence-corrected chi connectivity index (χ3v) is 5.99. The summed E-state index contributed by atoms with van der Waals surface area (Å²) in [5, 5.41) is 14.7. The molecule has 0 unspecified atom stereocenters. The topological polar surface area (TPSA) is 98.2 Å². The zero-order valence-corrected chi connectivity index (χ0v) is 19.8. The van der Waals surface area contributed by atoms with Crippen LogP contribution in [0.15, 0.2) is 60.8 Å². The number of nitrogens with one attached hydrogen (secondary N) is 3. The summed E-state index contributed by atoms with van der Waals surface area (Å²) in [7, 11) is 0. The molecule has 3 N–H and O–H groups in total. The highest BCUT2D eigenvalue weighted by Gasteiger charge is 2.18. The monoisotopic (exact) mass is 511 g/mol. The number of amides is 2. The Hall–Kier alpha value is -3.42. The van der Waals surface area contributed by atoms with Crippen LogP contribution in [0.3, 0.4) is 0 Å². The molecule has 1 aromatic heterocycles. The van der Waals surface area contributed by atoms with Crippen molar-refractivity contribution >= 4 is 52.4 Å². The average Bonchev–Trinajstić information content (AvgIpc) is 2.86. The maximum Gasteiger partial charge on any atom is 0.258 e. The van der Waals surface area contributed by atoms with Crippen molar-refractivity contribution < 1.29 is 9.59 Å². The third kappa shape index (κ3) is 6.59. The SMILES string of the molecule is C.N=C(c1ccc(C(=O)Nc2ccc(Cl)cc2C(=O)Nc2ccc(Cl)cn2)cc1)N1CCCCC1. The fourth-order valence-corrected chi connectivity index (χ4v) is 4.00. The molecule has 0 bridgehead atoms. The summed E-state index contributed by atoms with van der Waals surface area (Å²) in [6, 6.07) is 14.7. The lowest BCUT2D eigenvalue weighted by atomic mass is 10.1. The van der Waals surface area contributed by atoms with Gasteiger partial charge in [0.1, 0.15) is 11.7 Å². The first-order valence-corrected chi connectivity index (χ1v) is 11.6. The first-order chi connectivity index (χ1) is 16.4. The van der Waals surface area contributed by atoms with Gasteiger partial charge in [-0.25, -0.2) is 4.98 Å². The van der Waals surface area contributed by atoms with Crippen LogP contribution in [0.4, 0.5) is 11.5 Å². The van der Waals surface area contributed by atoms with E-state index < -0.39 is 5.91 Å². The number of hydrogen-bond acceptors (Lipinski definition) is 4. The van der Waals surface area contributed by atoms with Crippen molar-refractivity contribution in [3.05, 3.63) is 87.5 Å². The highest BCUT2D eigenvalue weighted by Crippen LogP contribution is 2.23. The molecule has 0 aliphatic carbocycles. The summed E-state index contributed by atoms with van der Waals surface area (Å²) in [6.45, 7) is 1.77. The van der Waals surface area contributed by atoms with Crippen molar-refractivity contribution in [2.75, 3.05) is 23.7 Å². The van der Waals surface area contributed by atoms with Gasteiger partial charge in [-0.05, 0) is 61.7 Å². The van der Waals surface area contributed by atoms with Crippen molar-refractivity contribution in [1.29, 1.82) is 5.41 Å². The molecular formula is C26H27Cl2N5O2. The molecule has 182 valence electrons. The molecule has 3 aromatic rings. The average molecular weight is 512 g/mol. The molecule has 2 aromatic carbocycles. The van der Waals surface area contributed by atoms with E-state index in [2.05, 4.69) is 20.5 Å². The van der Waals surface area contributed by atoms with Crippen LogP contribution in [0.1, 0.15) is 53.0 Å². The molecule has 0 spiro atoms. The Balaban J connectivity index is 0.00000342. The van der Waals surface area contributed by atoms with E-state index in [1.165, 1.54) is 18.7 Å². The van der Waals surface area contributed by atoms with E-state index in [-0.39, 0.29) is 18.9 Å². The Kier molecular flexibility index (Phi) is 8.84. The van der Waals surface area contributed by atoms with E-state index in [9.17, 15) is 9.59 Å². The van der Waals surface area contributed by atoms with Gasteiger partial charge < -0.3 is 15.5 Å². The number of amidine groups is 1. The van der Waals surface area contributed by atoms with Crippen LogP contribution < -0.4 is 10.6 Å². The van der Waals surface area contributed by atoms with Gasteiger partial charge in [0.05, 0.1) is 16.3 Å². The van der Waals surface area contributed by atoms with E-state index in [1.807, 2.05) is 0 Å². The molecule has 1 fully saturated rings. The number of anilines is 2. The zero-order valence-electron chi connectivity index (χ0n) is 18.3. The Bertz CT molecular complexity index is 1210. The maximum absolute atomic E-state index is 12.9. The van der Waals surface area contributed by atoms with Crippen LogP contribution in [0.5, 0.6) is 0 Å². The second-order valence-electron chi connectivity index (χ2n) is 7.93. The minimum atomic E-state index is -0.474.